The highest BCUT2D eigenvalue weighted by Gasteiger charge is 2.46. The Bertz CT molecular complexity index is 1460. The molecule has 4 rings (SSSR count). The SMILES string of the molecule is O=C(O)C1=CC(=CC[NH+]2c3cc(O)c(O[C@@H]4O[C@H](COS(=O)(=O)[O-])[C@@H](O)[C@H](O)[C@H]4O)cc3C[C@H]2C(=O)O)C[C@@H](C(=O)O)N1. The van der Waals surface area contributed by atoms with Crippen LogP contribution in [0.3, 0.4) is 0 Å². The summed E-state index contributed by atoms with van der Waals surface area (Å²) in [6.45, 7) is -1.05. The molecule has 0 radical (unpaired) electrons. The smallest absolute Gasteiger partial charge is 0.363 e. The second-order valence-electron chi connectivity index (χ2n) is 10.0. The summed E-state index contributed by atoms with van der Waals surface area (Å²) in [6, 6.07) is 0.156. The minimum absolute atomic E-state index is 0.0342. The molecule has 3 aliphatic rings. The zero-order valence-electron chi connectivity index (χ0n) is 21.9. The molecule has 0 spiro atoms. The number of rotatable bonds is 10. The summed E-state index contributed by atoms with van der Waals surface area (Å²) in [7, 11) is -5.19. The van der Waals surface area contributed by atoms with Gasteiger partial charge in [-0.1, -0.05) is 0 Å². The van der Waals surface area contributed by atoms with E-state index in [0.29, 0.717) is 21.7 Å². The van der Waals surface area contributed by atoms with Gasteiger partial charge in [0.25, 0.3) is 0 Å². The van der Waals surface area contributed by atoms with Gasteiger partial charge in [0.05, 0.1) is 6.61 Å². The molecule has 0 aliphatic carbocycles. The number of aliphatic hydroxyl groups is 3. The third-order valence-electron chi connectivity index (χ3n) is 7.17. The first kappa shape index (κ1) is 32.1. The number of hydrogen-bond donors (Lipinski definition) is 9. The Kier molecular flexibility index (Phi) is 9.27. The van der Waals surface area contributed by atoms with Gasteiger partial charge in [0, 0.05) is 24.5 Å². The highest BCUT2D eigenvalue weighted by Crippen LogP contribution is 2.36. The Morgan fingerprint density at radius 2 is 1.77 bits per heavy atom. The standard InChI is InChI=1S/C24H28N2O16S/c27-15-7-13-10(6-16(15)41-24-20(30)19(29)18(28)17(42-24)8-40-43(37,38)39)5-14(23(35)36)26(13)2-1-9-3-11(21(31)32)25-12(4-9)22(33)34/h1,3,6-7,12,14,17-20,24-25,27-30H,2,4-5,8H2,(H,31,32)(H,33,34)(H,35,36)(H,37,38,39)/t12-,14-,17+,18+,19-,20+,24+/m0/s1. The van der Waals surface area contributed by atoms with Crippen molar-refractivity contribution in [3.63, 3.8) is 0 Å². The number of phenols is 1. The summed E-state index contributed by atoms with van der Waals surface area (Å²) >= 11 is 0. The molecule has 18 nitrogen and oxygen atoms in total. The fourth-order valence-electron chi connectivity index (χ4n) is 5.04. The summed E-state index contributed by atoms with van der Waals surface area (Å²) in [6.07, 6.45) is -6.55. The lowest BCUT2D eigenvalue weighted by molar-refractivity contribution is -0.838. The van der Waals surface area contributed by atoms with Gasteiger partial charge < -0.3 is 55.1 Å². The minimum Gasteiger partial charge on any atom is -0.726 e. The Balaban J connectivity index is 1.57. The summed E-state index contributed by atoms with van der Waals surface area (Å²) in [4.78, 5) is 35.3. The maximum Gasteiger partial charge on any atom is 0.363 e. The van der Waals surface area contributed by atoms with Crippen LogP contribution in [0.15, 0.2) is 35.6 Å². The van der Waals surface area contributed by atoms with Crippen LogP contribution >= 0.6 is 0 Å². The molecule has 0 saturated carbocycles. The van der Waals surface area contributed by atoms with Crippen LogP contribution in [-0.4, -0.2) is 123 Å². The molecule has 3 aliphatic heterocycles. The normalized spacial score (nSPS) is 31.5. The highest BCUT2D eigenvalue weighted by molar-refractivity contribution is 7.80. The van der Waals surface area contributed by atoms with Crippen LogP contribution in [0.1, 0.15) is 12.0 Å². The van der Waals surface area contributed by atoms with Crippen LogP contribution in [-0.2, 0) is 40.1 Å². The average molecular weight is 633 g/mol. The van der Waals surface area contributed by atoms with Crippen LogP contribution in [0.4, 0.5) is 5.69 Å². The Hall–Kier alpha value is -3.82. The molecular formula is C24H28N2O16S. The van der Waals surface area contributed by atoms with Gasteiger partial charge in [-0.05, 0) is 23.8 Å². The van der Waals surface area contributed by atoms with Gasteiger partial charge in [-0.2, -0.15) is 0 Å². The number of phenolic OH excluding ortho intramolecular Hbond substituents is 1. The summed E-state index contributed by atoms with van der Waals surface area (Å²) in [5, 5.41) is 72.1. The van der Waals surface area contributed by atoms with E-state index >= 15 is 0 Å². The Labute approximate surface area is 242 Å². The molecule has 1 aromatic carbocycles. The van der Waals surface area contributed by atoms with E-state index in [2.05, 4.69) is 9.50 Å². The lowest BCUT2D eigenvalue weighted by Gasteiger charge is -2.40. The number of carboxylic acids is 3. The maximum atomic E-state index is 12.1. The Morgan fingerprint density at radius 1 is 1.07 bits per heavy atom. The number of allylic oxidation sites excluding steroid dienone is 1. The number of carboxylic acid groups (broad SMARTS) is 3. The van der Waals surface area contributed by atoms with Crippen molar-refractivity contribution in [1.82, 2.24) is 5.32 Å². The van der Waals surface area contributed by atoms with Crippen molar-refractivity contribution >= 4 is 34.0 Å². The van der Waals surface area contributed by atoms with Gasteiger partial charge in [-0.15, -0.1) is 0 Å². The van der Waals surface area contributed by atoms with Gasteiger partial charge in [0.15, 0.2) is 17.5 Å². The summed E-state index contributed by atoms with van der Waals surface area (Å²) in [5.74, 6) is -4.74. The molecule has 43 heavy (non-hydrogen) atoms. The predicted octanol–water partition coefficient (Wildman–Crippen LogP) is -4.08. The van der Waals surface area contributed by atoms with E-state index in [0.717, 1.165) is 0 Å². The number of nitrogens with one attached hydrogen (secondary N) is 2. The zero-order chi connectivity index (χ0) is 31.8. The van der Waals surface area contributed by atoms with E-state index < -0.39 is 83.5 Å². The second-order valence-corrected chi connectivity index (χ2v) is 11.1. The fraction of sp³-hybridized carbons (Fsp3) is 0.458. The number of quaternary nitrogens is 1. The van der Waals surface area contributed by atoms with Gasteiger partial charge in [0.1, 0.15) is 48.4 Å². The monoisotopic (exact) mass is 632 g/mol. The van der Waals surface area contributed by atoms with Crippen molar-refractivity contribution in [2.75, 3.05) is 13.2 Å². The van der Waals surface area contributed by atoms with Crippen molar-refractivity contribution in [1.29, 1.82) is 0 Å². The molecule has 3 heterocycles. The Morgan fingerprint density at radius 3 is 2.37 bits per heavy atom. The third-order valence-corrected chi connectivity index (χ3v) is 7.60. The second kappa shape index (κ2) is 12.4. The number of aliphatic hydroxyl groups excluding tert-OH is 3. The van der Waals surface area contributed by atoms with Gasteiger partial charge in [-0.25, -0.2) is 22.8 Å². The number of carbonyl (C=O) groups is 3. The maximum absolute atomic E-state index is 12.1. The van der Waals surface area contributed by atoms with Gasteiger partial charge in [-0.3, -0.25) is 9.08 Å². The van der Waals surface area contributed by atoms with Crippen LogP contribution in [0, 0.1) is 0 Å². The number of aliphatic carboxylic acids is 3. The molecule has 9 N–H and O–H groups in total. The van der Waals surface area contributed by atoms with E-state index in [1.807, 2.05) is 0 Å². The van der Waals surface area contributed by atoms with E-state index in [-0.39, 0.29) is 30.8 Å². The van der Waals surface area contributed by atoms with Crippen LogP contribution < -0.4 is 15.0 Å². The summed E-state index contributed by atoms with van der Waals surface area (Å²) < 4.78 is 47.2. The van der Waals surface area contributed by atoms with E-state index in [1.54, 1.807) is 0 Å². The number of fused-ring (bicyclic) bond motifs is 1. The average Bonchev–Trinajstić information content (AvgIpc) is 3.28. The van der Waals surface area contributed by atoms with Gasteiger partial charge in [0.2, 0.25) is 16.7 Å². The van der Waals surface area contributed by atoms with Crippen molar-refractivity contribution in [3.8, 4) is 11.5 Å². The quantitative estimate of drug-likeness (QED) is 0.0875. The first-order chi connectivity index (χ1) is 20.1. The molecule has 8 atom stereocenters. The van der Waals surface area contributed by atoms with E-state index in [1.165, 1.54) is 24.3 Å². The molecule has 1 fully saturated rings. The van der Waals surface area contributed by atoms with Crippen molar-refractivity contribution in [3.05, 3.63) is 41.1 Å². The number of hydrogen-bond acceptors (Lipinski definition) is 14. The first-order valence-electron chi connectivity index (χ1n) is 12.6. The molecule has 1 unspecified atom stereocenters. The summed E-state index contributed by atoms with van der Waals surface area (Å²) in [5.41, 5.74) is 0.703. The topological polar surface area (TPSA) is 294 Å². The molecule has 1 saturated heterocycles. The van der Waals surface area contributed by atoms with Crippen LogP contribution in [0.5, 0.6) is 11.5 Å². The van der Waals surface area contributed by atoms with Crippen molar-refractivity contribution < 1.29 is 81.7 Å². The van der Waals surface area contributed by atoms with Crippen molar-refractivity contribution in [2.45, 2.75) is 55.6 Å². The minimum atomic E-state index is -5.19. The van der Waals surface area contributed by atoms with E-state index in [9.17, 15) is 63.1 Å². The van der Waals surface area contributed by atoms with Crippen LogP contribution in [0.25, 0.3) is 0 Å². The predicted molar refractivity (Wildman–Crippen MR) is 135 cm³/mol. The first-order valence-corrected chi connectivity index (χ1v) is 13.9. The largest absolute Gasteiger partial charge is 0.726 e. The van der Waals surface area contributed by atoms with Crippen LogP contribution in [0.2, 0.25) is 0 Å². The van der Waals surface area contributed by atoms with Gasteiger partial charge >= 0.3 is 17.9 Å². The highest BCUT2D eigenvalue weighted by atomic mass is 32.3. The zero-order valence-corrected chi connectivity index (χ0v) is 22.7. The molecule has 0 bridgehead atoms. The molecular weight excluding hydrogens is 604 g/mol. The third kappa shape index (κ3) is 7.22. The number of ether oxygens (including phenoxy) is 2. The fourth-order valence-corrected chi connectivity index (χ4v) is 5.34. The molecule has 0 aromatic heterocycles. The molecule has 236 valence electrons. The molecule has 19 heteroatoms. The number of aromatic hydroxyl groups is 1. The lowest BCUT2D eigenvalue weighted by atomic mass is 9.99. The van der Waals surface area contributed by atoms with E-state index in [4.69, 9.17) is 9.47 Å². The lowest BCUT2D eigenvalue weighted by Crippen LogP contribution is -3.11. The molecule has 0 amide bonds. The van der Waals surface area contributed by atoms with Crippen molar-refractivity contribution in [2.24, 2.45) is 0 Å². The number of benzene rings is 1. The molecule has 1 aromatic rings.